The molecule has 23 heavy (non-hydrogen) atoms. The number of hydrogen-bond donors (Lipinski definition) is 1. The molecule has 2 amide bonds. The summed E-state index contributed by atoms with van der Waals surface area (Å²) in [5.74, 6) is 0.0547. The first-order chi connectivity index (χ1) is 11.1. The molecule has 1 fully saturated rings. The van der Waals surface area contributed by atoms with Crippen LogP contribution in [0, 0.1) is 5.82 Å². The van der Waals surface area contributed by atoms with E-state index in [0.717, 1.165) is 12.0 Å². The van der Waals surface area contributed by atoms with Crippen LogP contribution >= 0.6 is 0 Å². The Balaban J connectivity index is 1.68. The van der Waals surface area contributed by atoms with Crippen LogP contribution in [0.5, 0.6) is 5.75 Å². The van der Waals surface area contributed by atoms with Gasteiger partial charge in [0.1, 0.15) is 11.4 Å². The summed E-state index contributed by atoms with van der Waals surface area (Å²) in [5.41, 5.74) is 1.19. The van der Waals surface area contributed by atoms with Crippen molar-refractivity contribution in [3.05, 3.63) is 42.0 Å². The molecule has 1 N–H and O–H groups in total. The molecular weight excluding hydrogens is 299 g/mol. The number of aryl methyl sites for hydroxylation is 1. The number of nitrogens with one attached hydrogen (secondary N) is 1. The summed E-state index contributed by atoms with van der Waals surface area (Å²) in [6.07, 6.45) is 4.66. The zero-order valence-corrected chi connectivity index (χ0v) is 13.1. The Morgan fingerprint density at radius 2 is 2.30 bits per heavy atom. The van der Waals surface area contributed by atoms with Gasteiger partial charge in [0.15, 0.2) is 5.82 Å². The number of halogens is 1. The van der Waals surface area contributed by atoms with Crippen LogP contribution in [-0.2, 0) is 7.05 Å². The lowest BCUT2D eigenvalue weighted by molar-refractivity contribution is 0.221. The third kappa shape index (κ3) is 3.13. The maximum Gasteiger partial charge on any atom is 0.322 e. The molecule has 1 atom stereocenters. The predicted molar refractivity (Wildman–Crippen MR) is 84.1 cm³/mol. The molecule has 0 aliphatic carbocycles. The van der Waals surface area contributed by atoms with Crippen LogP contribution in [0.25, 0.3) is 0 Å². The van der Waals surface area contributed by atoms with Gasteiger partial charge >= 0.3 is 6.03 Å². The fraction of sp³-hybridized carbons (Fsp3) is 0.375. The highest BCUT2D eigenvalue weighted by Gasteiger charge is 2.29. The highest BCUT2D eigenvalue weighted by atomic mass is 19.1. The Labute approximate surface area is 133 Å². The molecule has 1 aromatic carbocycles. The predicted octanol–water partition coefficient (Wildman–Crippen LogP) is 2.59. The number of carbonyl (C=O) groups is 1. The smallest absolute Gasteiger partial charge is 0.322 e. The average Bonchev–Trinajstić information content (AvgIpc) is 3.18. The Bertz CT molecular complexity index is 716. The fourth-order valence-electron chi connectivity index (χ4n) is 2.85. The minimum Gasteiger partial charge on any atom is -0.494 e. The molecule has 6 nitrogen and oxygen atoms in total. The van der Waals surface area contributed by atoms with Crippen molar-refractivity contribution in [2.75, 3.05) is 25.5 Å². The van der Waals surface area contributed by atoms with Crippen LogP contribution in [0.3, 0.4) is 0 Å². The molecule has 1 aliphatic rings. The van der Waals surface area contributed by atoms with E-state index in [4.69, 9.17) is 4.74 Å². The van der Waals surface area contributed by atoms with Gasteiger partial charge in [0.25, 0.3) is 0 Å². The first-order valence-electron chi connectivity index (χ1n) is 7.45. The quantitative estimate of drug-likeness (QED) is 0.946. The molecule has 3 rings (SSSR count). The van der Waals surface area contributed by atoms with Crippen molar-refractivity contribution in [1.29, 1.82) is 0 Å². The normalized spacial score (nSPS) is 17.3. The van der Waals surface area contributed by atoms with E-state index in [9.17, 15) is 9.18 Å². The highest BCUT2D eigenvalue weighted by Crippen LogP contribution is 2.30. The third-order valence-electron chi connectivity index (χ3n) is 4.10. The summed E-state index contributed by atoms with van der Waals surface area (Å²) in [7, 11) is 3.31. The van der Waals surface area contributed by atoms with Gasteiger partial charge in [-0.1, -0.05) is 6.07 Å². The van der Waals surface area contributed by atoms with Crippen molar-refractivity contribution >= 4 is 11.7 Å². The zero-order chi connectivity index (χ0) is 16.4. The zero-order valence-electron chi connectivity index (χ0n) is 13.1. The highest BCUT2D eigenvalue weighted by molar-refractivity contribution is 5.91. The van der Waals surface area contributed by atoms with Gasteiger partial charge in [-0.15, -0.1) is 0 Å². The topological polar surface area (TPSA) is 59.4 Å². The van der Waals surface area contributed by atoms with E-state index >= 15 is 0 Å². The van der Waals surface area contributed by atoms with Gasteiger partial charge in [-0.05, 0) is 24.1 Å². The van der Waals surface area contributed by atoms with E-state index in [0.29, 0.717) is 18.8 Å². The van der Waals surface area contributed by atoms with Crippen molar-refractivity contribution in [3.63, 3.8) is 0 Å². The molecule has 0 spiro atoms. The van der Waals surface area contributed by atoms with Crippen LogP contribution in [-0.4, -0.2) is 40.9 Å². The largest absolute Gasteiger partial charge is 0.494 e. The van der Waals surface area contributed by atoms with Gasteiger partial charge in [0, 0.05) is 32.3 Å². The summed E-state index contributed by atoms with van der Waals surface area (Å²) in [6.45, 7) is 1.22. The minimum atomic E-state index is -0.513. The number of urea groups is 1. The molecule has 7 heteroatoms. The number of aromatic nitrogens is 2. The Kier molecular flexibility index (Phi) is 4.18. The maximum atomic E-state index is 13.9. The fourth-order valence-corrected chi connectivity index (χ4v) is 2.85. The summed E-state index contributed by atoms with van der Waals surface area (Å²) in [4.78, 5) is 14.1. The minimum absolute atomic E-state index is 0.0739. The summed E-state index contributed by atoms with van der Waals surface area (Å²) in [6, 6.07) is 4.12. The van der Waals surface area contributed by atoms with Crippen molar-refractivity contribution < 1.29 is 13.9 Å². The first kappa shape index (κ1) is 15.3. The SMILES string of the molecule is COc1cccc(F)c1NC(=O)N1CC[C@H](c2cnn(C)c2)C1. The van der Waals surface area contributed by atoms with Gasteiger partial charge in [-0.3, -0.25) is 4.68 Å². The van der Waals surface area contributed by atoms with Crippen molar-refractivity contribution in [3.8, 4) is 5.75 Å². The number of carbonyl (C=O) groups excluding carboxylic acids is 1. The van der Waals surface area contributed by atoms with E-state index in [2.05, 4.69) is 10.4 Å². The molecule has 122 valence electrons. The lowest BCUT2D eigenvalue weighted by Gasteiger charge is -2.18. The van der Waals surface area contributed by atoms with E-state index in [1.54, 1.807) is 15.6 Å². The van der Waals surface area contributed by atoms with Crippen molar-refractivity contribution in [2.24, 2.45) is 7.05 Å². The van der Waals surface area contributed by atoms with E-state index in [-0.39, 0.29) is 17.6 Å². The lowest BCUT2D eigenvalue weighted by atomic mass is 10.0. The molecule has 0 saturated carbocycles. The average molecular weight is 318 g/mol. The molecule has 0 radical (unpaired) electrons. The molecule has 2 aromatic rings. The summed E-state index contributed by atoms with van der Waals surface area (Å²) < 4.78 is 20.8. The van der Waals surface area contributed by atoms with E-state index in [1.165, 1.54) is 19.2 Å². The molecule has 0 unspecified atom stereocenters. The number of benzene rings is 1. The number of rotatable bonds is 3. The monoisotopic (exact) mass is 318 g/mol. The summed E-state index contributed by atoms with van der Waals surface area (Å²) >= 11 is 0. The number of anilines is 1. The molecule has 2 heterocycles. The van der Waals surface area contributed by atoms with Crippen molar-refractivity contribution in [1.82, 2.24) is 14.7 Å². The van der Waals surface area contributed by atoms with E-state index in [1.807, 2.05) is 19.4 Å². The Morgan fingerprint density at radius 3 is 3.00 bits per heavy atom. The standard InChI is InChI=1S/C16H19FN4O2/c1-20-9-12(8-18-20)11-6-7-21(10-11)16(22)19-15-13(17)4-3-5-14(15)23-2/h3-5,8-9,11H,6-7,10H2,1-2H3,(H,19,22)/t11-/m0/s1. The van der Waals surface area contributed by atoms with Crippen LogP contribution < -0.4 is 10.1 Å². The number of para-hydroxylation sites is 1. The number of ether oxygens (including phenoxy) is 1. The van der Waals surface area contributed by atoms with Crippen molar-refractivity contribution in [2.45, 2.75) is 12.3 Å². The second-order valence-corrected chi connectivity index (χ2v) is 5.63. The Morgan fingerprint density at radius 1 is 1.48 bits per heavy atom. The molecule has 1 aromatic heterocycles. The number of amides is 2. The van der Waals surface area contributed by atoms with Crippen LogP contribution in [0.15, 0.2) is 30.6 Å². The van der Waals surface area contributed by atoms with Gasteiger partial charge in [-0.2, -0.15) is 5.10 Å². The molecular formula is C16H19FN4O2. The second-order valence-electron chi connectivity index (χ2n) is 5.63. The maximum absolute atomic E-state index is 13.9. The number of nitrogens with zero attached hydrogens (tertiary/aromatic N) is 3. The second kappa shape index (κ2) is 6.28. The van der Waals surface area contributed by atoms with Gasteiger partial charge in [0.2, 0.25) is 0 Å². The third-order valence-corrected chi connectivity index (χ3v) is 4.10. The molecule has 1 saturated heterocycles. The van der Waals surface area contributed by atoms with Gasteiger partial charge < -0.3 is 15.0 Å². The molecule has 1 aliphatic heterocycles. The lowest BCUT2D eigenvalue weighted by Crippen LogP contribution is -2.33. The van der Waals surface area contributed by atoms with Crippen LogP contribution in [0.1, 0.15) is 17.9 Å². The van der Waals surface area contributed by atoms with Crippen LogP contribution in [0.4, 0.5) is 14.9 Å². The van der Waals surface area contributed by atoms with Crippen LogP contribution in [0.2, 0.25) is 0 Å². The van der Waals surface area contributed by atoms with E-state index < -0.39 is 5.82 Å². The number of methoxy groups -OCH3 is 1. The number of likely N-dealkylation sites (tertiary alicyclic amines) is 1. The first-order valence-corrected chi connectivity index (χ1v) is 7.45. The van der Waals surface area contributed by atoms with Gasteiger partial charge in [0.05, 0.1) is 13.3 Å². The Hall–Kier alpha value is -2.57. The van der Waals surface area contributed by atoms with Gasteiger partial charge in [-0.25, -0.2) is 9.18 Å². The number of hydrogen-bond acceptors (Lipinski definition) is 3. The molecule has 0 bridgehead atoms. The summed E-state index contributed by atoms with van der Waals surface area (Å²) in [5, 5.41) is 6.78.